The van der Waals surface area contributed by atoms with Crippen molar-refractivity contribution in [1.82, 2.24) is 10.2 Å². The molecule has 1 aromatic carbocycles. The van der Waals surface area contributed by atoms with Crippen molar-refractivity contribution in [3.05, 3.63) is 34.3 Å². The van der Waals surface area contributed by atoms with E-state index in [2.05, 4.69) is 21.2 Å². The number of nitrogens with one attached hydrogen (secondary N) is 1. The van der Waals surface area contributed by atoms with Crippen LogP contribution in [0, 0.1) is 0 Å². The molecular weight excluding hydrogens is 368 g/mol. The SMILES string of the molecule is CC1NCCN(C(=O)CS(=O)(=O)Cc2ccc(Br)cc2)C1C. The fraction of sp³-hybridized carbons (Fsp3) is 0.533. The van der Waals surface area contributed by atoms with Crippen molar-refractivity contribution in [3.8, 4) is 0 Å². The van der Waals surface area contributed by atoms with Crippen LogP contribution < -0.4 is 5.32 Å². The highest BCUT2D eigenvalue weighted by Gasteiger charge is 2.30. The molecule has 1 fully saturated rings. The first kappa shape index (κ1) is 17.4. The number of hydrogen-bond donors (Lipinski definition) is 1. The van der Waals surface area contributed by atoms with Crippen LogP contribution >= 0.6 is 15.9 Å². The minimum Gasteiger partial charge on any atom is -0.336 e. The van der Waals surface area contributed by atoms with Crippen molar-refractivity contribution in [3.63, 3.8) is 0 Å². The van der Waals surface area contributed by atoms with Gasteiger partial charge in [-0.15, -0.1) is 0 Å². The highest BCUT2D eigenvalue weighted by Crippen LogP contribution is 2.15. The van der Waals surface area contributed by atoms with Crippen LogP contribution in [0.25, 0.3) is 0 Å². The molecule has 2 rings (SSSR count). The summed E-state index contributed by atoms with van der Waals surface area (Å²) in [6.45, 7) is 5.19. The molecule has 1 aliphatic rings. The summed E-state index contributed by atoms with van der Waals surface area (Å²) in [6, 6.07) is 7.28. The second-order valence-electron chi connectivity index (χ2n) is 5.73. The normalized spacial score (nSPS) is 22.6. The molecular formula is C15H21BrN2O3S. The monoisotopic (exact) mass is 388 g/mol. The largest absolute Gasteiger partial charge is 0.336 e. The summed E-state index contributed by atoms with van der Waals surface area (Å²) in [5.74, 6) is -0.847. The number of nitrogens with zero attached hydrogens (tertiary/aromatic N) is 1. The zero-order chi connectivity index (χ0) is 16.3. The van der Waals surface area contributed by atoms with Crippen LogP contribution in [0.4, 0.5) is 0 Å². The van der Waals surface area contributed by atoms with Gasteiger partial charge in [0.05, 0.1) is 5.75 Å². The molecule has 0 bridgehead atoms. The van der Waals surface area contributed by atoms with Crippen LogP contribution in [0.3, 0.4) is 0 Å². The van der Waals surface area contributed by atoms with E-state index in [4.69, 9.17) is 0 Å². The van der Waals surface area contributed by atoms with Crippen molar-refractivity contribution >= 4 is 31.7 Å². The molecule has 0 aliphatic carbocycles. The van der Waals surface area contributed by atoms with Gasteiger partial charge in [-0.2, -0.15) is 0 Å². The Bertz CT molecular complexity index is 631. The quantitative estimate of drug-likeness (QED) is 0.849. The molecule has 0 aromatic heterocycles. The number of piperazine rings is 1. The van der Waals surface area contributed by atoms with Gasteiger partial charge in [-0.1, -0.05) is 28.1 Å². The second-order valence-corrected chi connectivity index (χ2v) is 8.71. The molecule has 7 heteroatoms. The Hall–Kier alpha value is -0.920. The molecule has 1 amide bonds. The van der Waals surface area contributed by atoms with Gasteiger partial charge in [-0.25, -0.2) is 8.42 Å². The Morgan fingerprint density at radius 2 is 1.95 bits per heavy atom. The van der Waals surface area contributed by atoms with E-state index in [9.17, 15) is 13.2 Å². The third-order valence-electron chi connectivity index (χ3n) is 4.00. The van der Waals surface area contributed by atoms with Gasteiger partial charge in [-0.05, 0) is 31.5 Å². The summed E-state index contributed by atoms with van der Waals surface area (Å²) in [4.78, 5) is 14.0. The zero-order valence-corrected chi connectivity index (χ0v) is 15.2. The Morgan fingerprint density at radius 3 is 2.59 bits per heavy atom. The van der Waals surface area contributed by atoms with Gasteiger partial charge >= 0.3 is 0 Å². The third kappa shape index (κ3) is 4.54. The van der Waals surface area contributed by atoms with Crippen LogP contribution in [0.15, 0.2) is 28.7 Å². The van der Waals surface area contributed by atoms with E-state index >= 15 is 0 Å². The molecule has 1 aromatic rings. The van der Waals surface area contributed by atoms with Crippen molar-refractivity contribution in [1.29, 1.82) is 0 Å². The van der Waals surface area contributed by atoms with Crippen LogP contribution in [0.1, 0.15) is 19.4 Å². The first-order chi connectivity index (χ1) is 10.3. The number of halogens is 1. The summed E-state index contributed by atoms with van der Waals surface area (Å²) in [5.41, 5.74) is 0.692. The van der Waals surface area contributed by atoms with Gasteiger partial charge < -0.3 is 10.2 Å². The predicted octanol–water partition coefficient (Wildman–Crippen LogP) is 1.57. The predicted molar refractivity (Wildman–Crippen MR) is 90.3 cm³/mol. The lowest BCUT2D eigenvalue weighted by Gasteiger charge is -2.38. The van der Waals surface area contributed by atoms with Gasteiger partial charge in [0.15, 0.2) is 9.84 Å². The maximum Gasteiger partial charge on any atom is 0.238 e. The average molecular weight is 389 g/mol. The van der Waals surface area contributed by atoms with Crippen molar-refractivity contribution in [2.45, 2.75) is 31.7 Å². The van der Waals surface area contributed by atoms with Gasteiger partial charge in [0.25, 0.3) is 0 Å². The summed E-state index contributed by atoms with van der Waals surface area (Å²) in [5, 5.41) is 3.28. The van der Waals surface area contributed by atoms with Crippen LogP contribution in [0.2, 0.25) is 0 Å². The van der Waals surface area contributed by atoms with Crippen molar-refractivity contribution in [2.75, 3.05) is 18.8 Å². The standard InChI is InChI=1S/C15H21BrN2O3S/c1-11-12(2)18(8-7-17-11)15(19)10-22(20,21)9-13-3-5-14(16)6-4-13/h3-6,11-12,17H,7-10H2,1-2H3. The Labute approximate surface area is 140 Å². The van der Waals surface area contributed by atoms with Gasteiger partial charge in [0, 0.05) is 29.6 Å². The van der Waals surface area contributed by atoms with E-state index in [1.165, 1.54) is 0 Å². The van der Waals surface area contributed by atoms with Crippen LogP contribution in [-0.4, -0.2) is 50.2 Å². The molecule has 0 radical (unpaired) electrons. The van der Waals surface area contributed by atoms with Gasteiger partial charge in [-0.3, -0.25) is 4.79 Å². The number of carbonyl (C=O) groups is 1. The summed E-state index contributed by atoms with van der Waals surface area (Å²) < 4.78 is 25.4. The number of amides is 1. The fourth-order valence-corrected chi connectivity index (χ4v) is 4.17. The number of sulfone groups is 1. The first-order valence-corrected chi connectivity index (χ1v) is 9.87. The van der Waals surface area contributed by atoms with Gasteiger partial charge in [0.1, 0.15) is 5.75 Å². The maximum absolute atomic E-state index is 12.3. The van der Waals surface area contributed by atoms with E-state index in [1.807, 2.05) is 13.8 Å². The topological polar surface area (TPSA) is 66.5 Å². The van der Waals surface area contributed by atoms with Crippen LogP contribution in [-0.2, 0) is 20.4 Å². The third-order valence-corrected chi connectivity index (χ3v) is 5.99. The van der Waals surface area contributed by atoms with E-state index in [0.29, 0.717) is 18.7 Å². The molecule has 5 nitrogen and oxygen atoms in total. The molecule has 0 saturated carbocycles. The van der Waals surface area contributed by atoms with Crippen molar-refractivity contribution in [2.24, 2.45) is 0 Å². The molecule has 122 valence electrons. The van der Waals surface area contributed by atoms with E-state index < -0.39 is 15.6 Å². The molecule has 22 heavy (non-hydrogen) atoms. The molecule has 1 aliphatic heterocycles. The minimum atomic E-state index is -3.46. The lowest BCUT2D eigenvalue weighted by Crippen LogP contribution is -2.58. The Morgan fingerprint density at radius 1 is 1.32 bits per heavy atom. The number of benzene rings is 1. The smallest absolute Gasteiger partial charge is 0.238 e. The molecule has 1 N–H and O–H groups in total. The van der Waals surface area contributed by atoms with Gasteiger partial charge in [0.2, 0.25) is 5.91 Å². The minimum absolute atomic E-state index is 0.00382. The highest BCUT2D eigenvalue weighted by molar-refractivity contribution is 9.10. The highest BCUT2D eigenvalue weighted by atomic mass is 79.9. The van der Waals surface area contributed by atoms with Crippen LogP contribution in [0.5, 0.6) is 0 Å². The second kappa shape index (κ2) is 7.10. The number of rotatable bonds is 4. The molecule has 1 heterocycles. The number of hydrogen-bond acceptors (Lipinski definition) is 4. The lowest BCUT2D eigenvalue weighted by atomic mass is 10.1. The molecule has 0 spiro atoms. The Balaban J connectivity index is 2.01. The first-order valence-electron chi connectivity index (χ1n) is 7.26. The van der Waals surface area contributed by atoms with E-state index in [-0.39, 0.29) is 23.7 Å². The maximum atomic E-state index is 12.3. The summed E-state index contributed by atoms with van der Waals surface area (Å²) in [6.07, 6.45) is 0. The molecule has 2 atom stereocenters. The van der Waals surface area contributed by atoms with E-state index in [1.54, 1.807) is 29.2 Å². The summed E-state index contributed by atoms with van der Waals surface area (Å²) >= 11 is 3.31. The average Bonchev–Trinajstić information content (AvgIpc) is 2.43. The molecule has 2 unspecified atom stereocenters. The summed E-state index contributed by atoms with van der Waals surface area (Å²) in [7, 11) is -3.46. The zero-order valence-electron chi connectivity index (χ0n) is 12.8. The van der Waals surface area contributed by atoms with Crippen molar-refractivity contribution < 1.29 is 13.2 Å². The Kier molecular flexibility index (Phi) is 5.63. The number of carbonyl (C=O) groups excluding carboxylic acids is 1. The van der Waals surface area contributed by atoms with E-state index in [0.717, 1.165) is 4.47 Å². The lowest BCUT2D eigenvalue weighted by molar-refractivity contribution is -0.132. The fourth-order valence-electron chi connectivity index (χ4n) is 2.57. The molecule has 1 saturated heterocycles.